The van der Waals surface area contributed by atoms with Crippen molar-refractivity contribution in [3.63, 3.8) is 0 Å². The van der Waals surface area contributed by atoms with Gasteiger partial charge in [0.25, 0.3) is 0 Å². The van der Waals surface area contributed by atoms with Gasteiger partial charge in [-0.1, -0.05) is 47.6 Å². The molecule has 2 aromatic carbocycles. The summed E-state index contributed by atoms with van der Waals surface area (Å²) in [7, 11) is 2.10. The number of allylic oxidation sites excluding steroid dienone is 2. The molecule has 39 heavy (non-hydrogen) atoms. The highest BCUT2D eigenvalue weighted by Crippen LogP contribution is 2.37. The van der Waals surface area contributed by atoms with E-state index in [1.807, 2.05) is 25.1 Å². The molecule has 2 atom stereocenters. The predicted molar refractivity (Wildman–Crippen MR) is 155 cm³/mol. The van der Waals surface area contributed by atoms with Gasteiger partial charge in [-0.15, -0.1) is 0 Å². The van der Waals surface area contributed by atoms with Crippen LogP contribution in [0.5, 0.6) is 5.75 Å². The molecule has 1 amide bonds. The van der Waals surface area contributed by atoms with Crippen LogP contribution >= 0.6 is 35.4 Å². The number of carbonyl (C=O) groups excluding carboxylic acids is 1. The number of halogens is 3. The quantitative estimate of drug-likeness (QED) is 0.354. The number of rotatable bonds is 7. The monoisotopic (exact) mass is 588 g/mol. The maximum absolute atomic E-state index is 14.0. The summed E-state index contributed by atoms with van der Waals surface area (Å²) >= 11 is 18.4. The van der Waals surface area contributed by atoms with Crippen molar-refractivity contribution < 1.29 is 18.7 Å². The fourth-order valence-electron chi connectivity index (χ4n) is 4.81. The van der Waals surface area contributed by atoms with E-state index in [1.165, 1.54) is 18.5 Å². The highest BCUT2D eigenvalue weighted by molar-refractivity contribution is 7.81. The lowest BCUT2D eigenvalue weighted by Crippen LogP contribution is -2.35. The van der Waals surface area contributed by atoms with Gasteiger partial charge in [0, 0.05) is 30.4 Å². The highest BCUT2D eigenvalue weighted by Gasteiger charge is 2.29. The van der Waals surface area contributed by atoms with E-state index in [-0.39, 0.29) is 21.6 Å². The molecule has 2 aliphatic rings. The van der Waals surface area contributed by atoms with E-state index < -0.39 is 23.9 Å². The van der Waals surface area contributed by atoms with Gasteiger partial charge in [-0.05, 0) is 51.1 Å². The molecule has 0 radical (unpaired) electrons. The van der Waals surface area contributed by atoms with Gasteiger partial charge in [-0.2, -0.15) is 0 Å². The number of imidazole rings is 1. The van der Waals surface area contributed by atoms with Crippen molar-refractivity contribution >= 4 is 62.9 Å². The minimum absolute atomic E-state index is 0.0475. The lowest BCUT2D eigenvalue weighted by Gasteiger charge is -2.30. The molecular weight excluding hydrogens is 562 g/mol. The molecule has 1 aromatic heterocycles. The zero-order valence-electron chi connectivity index (χ0n) is 21.4. The number of hydrogen-bond acceptors (Lipinski definition) is 6. The standard InChI is InChI=1S/C28H27Cl2FN4O3S/c1-15(18-4-3-5-24(26(18)30)38-17-6-8-34(2)9-7-17)37-25-11-16(10-19(27(25)39)28(32)36)35-14-33-22-13-21(31)20(29)12-23(22)35/h3-5,10-15,17,25H,6-9H2,1-2H3,(H2,32,36)/t15-,25?/m1/s1. The molecule has 1 unspecified atom stereocenters. The summed E-state index contributed by atoms with van der Waals surface area (Å²) in [6.07, 6.45) is 5.50. The van der Waals surface area contributed by atoms with Crippen LogP contribution in [-0.2, 0) is 9.53 Å². The molecule has 1 aliphatic carbocycles. The van der Waals surface area contributed by atoms with Gasteiger partial charge in [0.2, 0.25) is 5.91 Å². The lowest BCUT2D eigenvalue weighted by molar-refractivity contribution is -0.114. The molecule has 2 heterocycles. The van der Waals surface area contributed by atoms with Crippen molar-refractivity contribution in [3.8, 4) is 5.75 Å². The van der Waals surface area contributed by atoms with Crippen molar-refractivity contribution in [1.29, 1.82) is 0 Å². The van der Waals surface area contributed by atoms with E-state index in [2.05, 4.69) is 16.9 Å². The molecule has 1 aliphatic heterocycles. The predicted octanol–water partition coefficient (Wildman–Crippen LogP) is 5.74. The normalized spacial score (nSPS) is 19.6. The first-order valence-corrected chi connectivity index (χ1v) is 13.7. The molecular formula is C28H27Cl2FN4O3S. The summed E-state index contributed by atoms with van der Waals surface area (Å²) in [5, 5.41) is 0.423. The Labute approximate surface area is 241 Å². The Morgan fingerprint density at radius 1 is 1.26 bits per heavy atom. The molecule has 5 rings (SSSR count). The molecule has 0 spiro atoms. The summed E-state index contributed by atoms with van der Waals surface area (Å²) in [4.78, 5) is 19.1. The second-order valence-electron chi connectivity index (χ2n) is 9.73. The van der Waals surface area contributed by atoms with E-state index in [4.69, 9.17) is 50.6 Å². The zero-order chi connectivity index (χ0) is 27.8. The maximum Gasteiger partial charge on any atom is 0.250 e. The number of nitrogens with zero attached hydrogens (tertiary/aromatic N) is 3. The first-order chi connectivity index (χ1) is 18.6. The molecule has 0 bridgehead atoms. The van der Waals surface area contributed by atoms with Crippen molar-refractivity contribution in [2.45, 2.75) is 38.1 Å². The number of aromatic nitrogens is 2. The average molecular weight is 590 g/mol. The third-order valence-electron chi connectivity index (χ3n) is 7.01. The van der Waals surface area contributed by atoms with E-state index in [1.54, 1.807) is 16.7 Å². The second kappa shape index (κ2) is 11.3. The molecule has 7 nitrogen and oxygen atoms in total. The van der Waals surface area contributed by atoms with Crippen LogP contribution in [0.15, 0.2) is 54.4 Å². The Balaban J connectivity index is 1.43. The molecule has 2 N–H and O–H groups in total. The van der Waals surface area contributed by atoms with Gasteiger partial charge in [0.1, 0.15) is 30.1 Å². The second-order valence-corrected chi connectivity index (χ2v) is 11.0. The van der Waals surface area contributed by atoms with Crippen LogP contribution in [0, 0.1) is 5.82 Å². The topological polar surface area (TPSA) is 82.6 Å². The Bertz CT molecular complexity index is 1510. The van der Waals surface area contributed by atoms with E-state index in [9.17, 15) is 9.18 Å². The van der Waals surface area contributed by atoms with Crippen LogP contribution in [0.2, 0.25) is 10.0 Å². The molecule has 0 saturated carbocycles. The Kier molecular flexibility index (Phi) is 8.07. The summed E-state index contributed by atoms with van der Waals surface area (Å²) < 4.78 is 28.2. The number of thiocarbonyl (C=S) groups is 1. The van der Waals surface area contributed by atoms with E-state index >= 15 is 0 Å². The van der Waals surface area contributed by atoms with Crippen molar-refractivity contribution in [2.24, 2.45) is 5.73 Å². The number of nitrogens with two attached hydrogens (primary N) is 1. The Morgan fingerprint density at radius 2 is 2.00 bits per heavy atom. The van der Waals surface area contributed by atoms with Gasteiger partial charge in [0.05, 0.1) is 37.6 Å². The number of amides is 1. The van der Waals surface area contributed by atoms with Crippen molar-refractivity contribution in [1.82, 2.24) is 14.5 Å². The number of hydrogen-bond donors (Lipinski definition) is 1. The minimum Gasteiger partial charge on any atom is -0.489 e. The van der Waals surface area contributed by atoms with Gasteiger partial charge < -0.3 is 20.1 Å². The van der Waals surface area contributed by atoms with Gasteiger partial charge in [-0.3, -0.25) is 9.36 Å². The van der Waals surface area contributed by atoms with E-state index in [0.29, 0.717) is 27.5 Å². The largest absolute Gasteiger partial charge is 0.489 e. The van der Waals surface area contributed by atoms with Crippen molar-refractivity contribution in [3.05, 3.63) is 75.8 Å². The number of primary amides is 1. The first kappa shape index (κ1) is 27.7. The third kappa shape index (κ3) is 5.73. The summed E-state index contributed by atoms with van der Waals surface area (Å²) in [6.45, 7) is 3.80. The molecule has 3 aromatic rings. The van der Waals surface area contributed by atoms with Crippen LogP contribution < -0.4 is 10.5 Å². The molecule has 204 valence electrons. The molecule has 1 saturated heterocycles. The molecule has 11 heteroatoms. The number of likely N-dealkylation sites (tertiary alicyclic amines) is 1. The number of fused-ring (bicyclic) bond motifs is 1. The van der Waals surface area contributed by atoms with Gasteiger partial charge in [0.15, 0.2) is 0 Å². The fourth-order valence-corrected chi connectivity index (χ4v) is 5.58. The third-order valence-corrected chi connectivity index (χ3v) is 8.16. The Morgan fingerprint density at radius 3 is 2.72 bits per heavy atom. The summed E-state index contributed by atoms with van der Waals surface area (Å²) in [5.41, 5.74) is 8.01. The summed E-state index contributed by atoms with van der Waals surface area (Å²) in [6, 6.07) is 8.32. The zero-order valence-corrected chi connectivity index (χ0v) is 23.7. The number of carbonyl (C=O) groups is 1. The SMILES string of the molecule is C[C@@H](OC1C=C(n2cnc3cc(F)c(Cl)cc32)C=C(C(N)=O)C1=S)c1cccc(OC2CCN(C)CC2)c1Cl. The summed E-state index contributed by atoms with van der Waals surface area (Å²) in [5.74, 6) is -0.657. The van der Waals surface area contributed by atoms with Crippen LogP contribution in [0.1, 0.15) is 31.4 Å². The smallest absolute Gasteiger partial charge is 0.250 e. The van der Waals surface area contributed by atoms with Crippen LogP contribution in [0.4, 0.5) is 4.39 Å². The van der Waals surface area contributed by atoms with Gasteiger partial charge in [-0.25, -0.2) is 9.37 Å². The van der Waals surface area contributed by atoms with Gasteiger partial charge >= 0.3 is 0 Å². The lowest BCUT2D eigenvalue weighted by atomic mass is 9.98. The minimum atomic E-state index is -0.777. The van der Waals surface area contributed by atoms with Crippen molar-refractivity contribution in [2.75, 3.05) is 20.1 Å². The fraction of sp³-hybridized carbons (Fsp3) is 0.321. The first-order valence-electron chi connectivity index (χ1n) is 12.5. The van der Waals surface area contributed by atoms with Crippen LogP contribution in [-0.4, -0.2) is 57.6 Å². The number of benzene rings is 2. The number of piperidine rings is 1. The van der Waals surface area contributed by atoms with E-state index in [0.717, 1.165) is 31.5 Å². The average Bonchev–Trinajstić information content (AvgIpc) is 3.30. The highest BCUT2D eigenvalue weighted by atomic mass is 35.5. The Hall–Kier alpha value is -2.82. The van der Waals surface area contributed by atoms with Crippen LogP contribution in [0.25, 0.3) is 16.7 Å². The maximum atomic E-state index is 14.0. The number of ether oxygens (including phenoxy) is 2. The molecule has 1 fully saturated rings. The van der Waals surface area contributed by atoms with Crippen LogP contribution in [0.3, 0.4) is 0 Å².